The molecule has 1 N–H and O–H groups in total. The Balaban J connectivity index is 1.08. The summed E-state index contributed by atoms with van der Waals surface area (Å²) in [6, 6.07) is 22.1. The molecule has 2 bridgehead atoms. The number of H-pyrrole nitrogens is 1. The van der Waals surface area contributed by atoms with Gasteiger partial charge in [-0.05, 0) is 90.8 Å². The number of anilines is 1. The van der Waals surface area contributed by atoms with Gasteiger partial charge in [0.25, 0.3) is 0 Å². The van der Waals surface area contributed by atoms with E-state index in [2.05, 4.69) is 17.1 Å². The summed E-state index contributed by atoms with van der Waals surface area (Å²) in [6.45, 7) is 2.39. The minimum absolute atomic E-state index is 0.00172. The van der Waals surface area contributed by atoms with Crippen LogP contribution in [0.4, 0.5) is 5.69 Å². The lowest BCUT2D eigenvalue weighted by molar-refractivity contribution is -0.123. The first-order valence-electron chi connectivity index (χ1n) is 15.3. The lowest BCUT2D eigenvalue weighted by Gasteiger charge is -2.43. The van der Waals surface area contributed by atoms with Crippen LogP contribution in [0.3, 0.4) is 0 Å². The molecule has 0 radical (unpaired) electrons. The van der Waals surface area contributed by atoms with Crippen LogP contribution in [0.5, 0.6) is 5.75 Å². The van der Waals surface area contributed by atoms with Crippen molar-refractivity contribution in [3.63, 3.8) is 0 Å². The molecule has 0 unspecified atom stereocenters. The fourth-order valence-corrected chi connectivity index (χ4v) is 11.3. The lowest BCUT2D eigenvalue weighted by Crippen LogP contribution is -2.42. The van der Waals surface area contributed by atoms with Gasteiger partial charge in [0.1, 0.15) is 12.4 Å². The number of nitrogens with one attached hydrogen (secondary N) is 1. The number of hydrogen-bond donors (Lipinski definition) is 1. The van der Waals surface area contributed by atoms with Gasteiger partial charge in [-0.1, -0.05) is 47.2 Å². The van der Waals surface area contributed by atoms with Crippen molar-refractivity contribution >= 4 is 58.2 Å². The van der Waals surface area contributed by atoms with Gasteiger partial charge in [0.05, 0.1) is 34.7 Å². The Morgan fingerprint density at radius 3 is 2.43 bits per heavy atom. The van der Waals surface area contributed by atoms with Crippen molar-refractivity contribution in [2.45, 2.75) is 36.1 Å². The first-order chi connectivity index (χ1) is 22.3. The van der Waals surface area contributed by atoms with Crippen LogP contribution in [0.25, 0.3) is 0 Å². The number of aromatic amines is 1. The average Bonchev–Trinajstić information content (AvgIpc) is 3.79. The standard InChI is InChI=1S/C35H29ClN2O6S2/c1-2-43-34(41)19-6-10-21(11-7-19)38-32(39)27-23-15-24(28(27)33(38)40)29-26(23)25(30-31(45-29)37-35(42)46-30)18-8-12-22(13-9-18)44-16-17-4-3-5-20(36)14-17/h3-14,23-29H,2,15-16H2,1H3,(H,37,42)/t23-,24-,25+,26+,27+,28+,29-/m1/s1. The third-order valence-corrected chi connectivity index (χ3v) is 12.7. The Kier molecular flexibility index (Phi) is 7.34. The second-order valence-corrected chi connectivity index (χ2v) is 14.9. The summed E-state index contributed by atoms with van der Waals surface area (Å²) in [6.07, 6.45) is 0.807. The minimum Gasteiger partial charge on any atom is -0.489 e. The van der Waals surface area contributed by atoms with Crippen LogP contribution >= 0.6 is 34.7 Å². The number of thioether (sulfide) groups is 1. The maximum Gasteiger partial charge on any atom is 0.338 e. The van der Waals surface area contributed by atoms with Gasteiger partial charge in [-0.3, -0.25) is 19.3 Å². The highest BCUT2D eigenvalue weighted by Crippen LogP contribution is 2.68. The molecule has 2 aliphatic heterocycles. The number of carbonyl (C=O) groups is 3. The predicted molar refractivity (Wildman–Crippen MR) is 176 cm³/mol. The highest BCUT2D eigenvalue weighted by molar-refractivity contribution is 8.00. The SMILES string of the molecule is CCOC(=O)c1ccc(N2C(=O)[C@H]3[C@H]4C[C@@H]([C@@H]3C2=O)[C@H]2[C@H](c3ccc(OCc5cccc(Cl)c5)cc3)c3sc(=O)[nH]c3S[C@H]42)cc1. The van der Waals surface area contributed by atoms with E-state index in [1.807, 2.05) is 36.4 Å². The summed E-state index contributed by atoms with van der Waals surface area (Å²) < 4.78 is 11.1. The Hall–Kier alpha value is -3.86. The molecule has 1 aromatic heterocycles. The van der Waals surface area contributed by atoms with E-state index in [1.54, 1.807) is 43.0 Å². The number of carbonyl (C=O) groups excluding carboxylic acids is 3. The molecule has 46 heavy (non-hydrogen) atoms. The Morgan fingerprint density at radius 2 is 1.72 bits per heavy atom. The molecule has 4 aliphatic rings. The van der Waals surface area contributed by atoms with E-state index in [9.17, 15) is 19.2 Å². The van der Waals surface area contributed by atoms with Crippen LogP contribution < -0.4 is 14.5 Å². The van der Waals surface area contributed by atoms with Crippen LogP contribution in [0, 0.1) is 29.6 Å². The van der Waals surface area contributed by atoms with Crippen LogP contribution in [0.2, 0.25) is 5.02 Å². The van der Waals surface area contributed by atoms with Gasteiger partial charge in [0.15, 0.2) is 0 Å². The van der Waals surface area contributed by atoms with Crippen molar-refractivity contribution in [1.82, 2.24) is 4.98 Å². The molecular formula is C35H29ClN2O6S2. The summed E-state index contributed by atoms with van der Waals surface area (Å²) >= 11 is 9.03. The smallest absolute Gasteiger partial charge is 0.338 e. The van der Waals surface area contributed by atoms with Crippen molar-refractivity contribution < 1.29 is 23.9 Å². The van der Waals surface area contributed by atoms with E-state index in [1.165, 1.54) is 16.2 Å². The Bertz CT molecular complexity index is 1920. The highest BCUT2D eigenvalue weighted by Gasteiger charge is 2.69. The zero-order valence-electron chi connectivity index (χ0n) is 24.7. The number of imide groups is 1. The highest BCUT2D eigenvalue weighted by atomic mass is 35.5. The third kappa shape index (κ3) is 4.72. The normalized spacial score (nSPS) is 27.3. The van der Waals surface area contributed by atoms with Gasteiger partial charge < -0.3 is 14.5 Å². The number of fused-ring (bicyclic) bond motifs is 9. The van der Waals surface area contributed by atoms with Crippen LogP contribution in [-0.2, 0) is 20.9 Å². The van der Waals surface area contributed by atoms with Crippen molar-refractivity contribution in [3.05, 3.63) is 109 Å². The largest absolute Gasteiger partial charge is 0.489 e. The summed E-state index contributed by atoms with van der Waals surface area (Å²) in [5.74, 6) is -0.843. The number of rotatable bonds is 7. The maximum atomic E-state index is 14.1. The van der Waals surface area contributed by atoms with E-state index in [0.29, 0.717) is 22.9 Å². The van der Waals surface area contributed by atoms with Gasteiger partial charge >= 0.3 is 10.8 Å². The third-order valence-electron chi connectivity index (χ3n) is 9.89. The molecule has 8 nitrogen and oxygen atoms in total. The van der Waals surface area contributed by atoms with Crippen molar-refractivity contribution in [2.24, 2.45) is 29.6 Å². The molecule has 2 saturated carbocycles. The fourth-order valence-electron chi connectivity index (χ4n) is 8.17. The number of amides is 2. The summed E-state index contributed by atoms with van der Waals surface area (Å²) in [5.41, 5.74) is 2.88. The first-order valence-corrected chi connectivity index (χ1v) is 17.4. The molecule has 3 fully saturated rings. The van der Waals surface area contributed by atoms with E-state index >= 15 is 0 Å². The lowest BCUT2D eigenvalue weighted by atomic mass is 9.68. The van der Waals surface area contributed by atoms with Crippen molar-refractivity contribution in [3.8, 4) is 5.75 Å². The molecule has 0 spiro atoms. The van der Waals surface area contributed by atoms with Gasteiger partial charge in [0.2, 0.25) is 11.8 Å². The summed E-state index contributed by atoms with van der Waals surface area (Å²) in [4.78, 5) is 58.0. The predicted octanol–water partition coefficient (Wildman–Crippen LogP) is 6.52. The molecule has 7 atom stereocenters. The Labute approximate surface area is 278 Å². The molecule has 234 valence electrons. The number of hydrogen-bond acceptors (Lipinski definition) is 8. The zero-order chi connectivity index (χ0) is 31.7. The summed E-state index contributed by atoms with van der Waals surface area (Å²) in [7, 11) is 0. The molecule has 3 aromatic carbocycles. The molecular weight excluding hydrogens is 644 g/mol. The molecule has 2 aliphatic carbocycles. The number of thiazole rings is 1. The zero-order valence-corrected chi connectivity index (χ0v) is 27.1. The van der Waals surface area contributed by atoms with Crippen LogP contribution in [0.1, 0.15) is 45.6 Å². The van der Waals surface area contributed by atoms with Gasteiger partial charge in [-0.2, -0.15) is 0 Å². The molecule has 11 heteroatoms. The second-order valence-electron chi connectivity index (χ2n) is 12.2. The van der Waals surface area contributed by atoms with Crippen molar-refractivity contribution in [2.75, 3.05) is 11.5 Å². The first kappa shape index (κ1) is 29.5. The quantitative estimate of drug-likeness (QED) is 0.176. The fraction of sp³-hybridized carbons (Fsp3) is 0.314. The topological polar surface area (TPSA) is 106 Å². The van der Waals surface area contributed by atoms with E-state index < -0.39 is 17.8 Å². The average molecular weight is 673 g/mol. The summed E-state index contributed by atoms with van der Waals surface area (Å²) in [5, 5.41) is 1.62. The number of nitrogens with zero attached hydrogens (tertiary/aromatic N) is 1. The van der Waals surface area contributed by atoms with Crippen LogP contribution in [-0.4, -0.2) is 34.6 Å². The van der Waals surface area contributed by atoms with Gasteiger partial charge in [0, 0.05) is 21.1 Å². The number of esters is 1. The monoisotopic (exact) mass is 672 g/mol. The van der Waals surface area contributed by atoms with E-state index in [-0.39, 0.29) is 52.2 Å². The van der Waals surface area contributed by atoms with Gasteiger partial charge in [-0.15, -0.1) is 11.8 Å². The maximum absolute atomic E-state index is 14.1. The molecule has 3 heterocycles. The molecule has 1 saturated heterocycles. The van der Waals surface area contributed by atoms with Gasteiger partial charge in [-0.25, -0.2) is 4.79 Å². The molecule has 8 rings (SSSR count). The Morgan fingerprint density at radius 1 is 0.978 bits per heavy atom. The molecule has 2 amide bonds. The van der Waals surface area contributed by atoms with Crippen LogP contribution in [0.15, 0.2) is 82.6 Å². The second kappa shape index (κ2) is 11.4. The number of halogens is 1. The number of aromatic nitrogens is 1. The van der Waals surface area contributed by atoms with Crippen molar-refractivity contribution in [1.29, 1.82) is 0 Å². The van der Waals surface area contributed by atoms with E-state index in [4.69, 9.17) is 21.1 Å². The van der Waals surface area contributed by atoms with E-state index in [0.717, 1.165) is 33.2 Å². The number of ether oxygens (including phenoxy) is 2. The molecule has 4 aromatic rings. The minimum atomic E-state index is -0.443. The number of benzene rings is 3.